The van der Waals surface area contributed by atoms with Gasteiger partial charge < -0.3 is 0 Å². The zero-order chi connectivity index (χ0) is 14.9. The predicted octanol–water partition coefficient (Wildman–Crippen LogP) is 6.42. The normalized spacial score (nSPS) is 11.7. The van der Waals surface area contributed by atoms with E-state index in [1.807, 2.05) is 0 Å². The minimum absolute atomic E-state index is 0.0535. The number of benzene rings is 2. The van der Waals surface area contributed by atoms with Crippen LogP contribution >= 0.6 is 34.8 Å². The van der Waals surface area contributed by atoms with Crippen molar-refractivity contribution >= 4 is 34.8 Å². The van der Waals surface area contributed by atoms with Gasteiger partial charge in [-0.15, -0.1) is 11.6 Å². The Bertz CT molecular complexity index is 636. The fourth-order valence-corrected chi connectivity index (χ4v) is 2.48. The van der Waals surface area contributed by atoms with E-state index in [0.717, 1.165) is 12.1 Å². The van der Waals surface area contributed by atoms with Crippen molar-refractivity contribution in [2.45, 2.75) is 12.1 Å². The van der Waals surface area contributed by atoms with Gasteiger partial charge in [-0.2, -0.15) is 13.2 Å². The smallest absolute Gasteiger partial charge is 0.166 e. The van der Waals surface area contributed by atoms with E-state index in [1.54, 1.807) is 18.2 Å². The SMILES string of the molecule is FC(F)(F)c1ccc(-c2cccc(Cl)c2Cl)c(CCl)c1. The van der Waals surface area contributed by atoms with Crippen molar-refractivity contribution in [2.24, 2.45) is 0 Å². The molecule has 0 nitrogen and oxygen atoms in total. The highest BCUT2D eigenvalue weighted by Crippen LogP contribution is 2.38. The molecule has 2 aromatic rings. The molecule has 0 radical (unpaired) electrons. The molecule has 0 fully saturated rings. The maximum Gasteiger partial charge on any atom is 0.416 e. The van der Waals surface area contributed by atoms with Gasteiger partial charge in [-0.1, -0.05) is 41.4 Å². The van der Waals surface area contributed by atoms with Crippen molar-refractivity contribution < 1.29 is 13.2 Å². The molecule has 0 aromatic heterocycles. The fraction of sp³-hybridized carbons (Fsp3) is 0.143. The molecule has 6 heteroatoms. The molecule has 0 bridgehead atoms. The van der Waals surface area contributed by atoms with E-state index in [1.165, 1.54) is 6.07 Å². The molecule has 2 aromatic carbocycles. The molecule has 0 saturated heterocycles. The second-order valence-electron chi connectivity index (χ2n) is 4.10. The van der Waals surface area contributed by atoms with Gasteiger partial charge in [0.05, 0.1) is 15.6 Å². The molecular formula is C14H8Cl3F3. The number of rotatable bonds is 2. The minimum atomic E-state index is -4.41. The molecule has 0 aliphatic heterocycles. The van der Waals surface area contributed by atoms with Crippen LogP contribution in [0.25, 0.3) is 11.1 Å². The van der Waals surface area contributed by atoms with Crippen LogP contribution < -0.4 is 0 Å². The molecule has 0 amide bonds. The summed E-state index contributed by atoms with van der Waals surface area (Å²) >= 11 is 17.8. The van der Waals surface area contributed by atoms with Gasteiger partial charge in [0.15, 0.2) is 0 Å². The van der Waals surface area contributed by atoms with Gasteiger partial charge >= 0.3 is 6.18 Å². The van der Waals surface area contributed by atoms with E-state index in [9.17, 15) is 13.2 Å². The fourth-order valence-electron chi connectivity index (χ4n) is 1.86. The maximum absolute atomic E-state index is 12.7. The summed E-state index contributed by atoms with van der Waals surface area (Å²) in [6.45, 7) is 0. The summed E-state index contributed by atoms with van der Waals surface area (Å²) in [6.07, 6.45) is -4.41. The Morgan fingerprint density at radius 2 is 1.65 bits per heavy atom. The van der Waals surface area contributed by atoms with Gasteiger partial charge in [-0.05, 0) is 29.3 Å². The summed E-state index contributed by atoms with van der Waals surface area (Å²) < 4.78 is 38.1. The lowest BCUT2D eigenvalue weighted by Crippen LogP contribution is -2.05. The van der Waals surface area contributed by atoms with Crippen LogP contribution in [0.15, 0.2) is 36.4 Å². The van der Waals surface area contributed by atoms with E-state index >= 15 is 0 Å². The van der Waals surface area contributed by atoms with E-state index < -0.39 is 11.7 Å². The van der Waals surface area contributed by atoms with Crippen LogP contribution in [0.5, 0.6) is 0 Å². The van der Waals surface area contributed by atoms with Crippen LogP contribution in [0.4, 0.5) is 13.2 Å². The summed E-state index contributed by atoms with van der Waals surface area (Å²) in [7, 11) is 0. The molecule has 0 N–H and O–H groups in total. The molecule has 2 rings (SSSR count). The topological polar surface area (TPSA) is 0 Å². The molecule has 0 saturated carbocycles. The van der Waals surface area contributed by atoms with Crippen molar-refractivity contribution in [2.75, 3.05) is 0 Å². The second-order valence-corrected chi connectivity index (χ2v) is 5.16. The van der Waals surface area contributed by atoms with Gasteiger partial charge in [0.2, 0.25) is 0 Å². The Morgan fingerprint density at radius 3 is 2.25 bits per heavy atom. The van der Waals surface area contributed by atoms with E-state index in [-0.39, 0.29) is 5.88 Å². The van der Waals surface area contributed by atoms with Crippen molar-refractivity contribution in [3.63, 3.8) is 0 Å². The molecule has 20 heavy (non-hydrogen) atoms. The van der Waals surface area contributed by atoms with E-state index in [4.69, 9.17) is 34.8 Å². The molecule has 0 spiro atoms. The zero-order valence-electron chi connectivity index (χ0n) is 9.94. The highest BCUT2D eigenvalue weighted by atomic mass is 35.5. The molecule has 0 atom stereocenters. The summed E-state index contributed by atoms with van der Waals surface area (Å²) in [6, 6.07) is 8.37. The molecule has 0 unspecified atom stereocenters. The van der Waals surface area contributed by atoms with Gasteiger partial charge in [0.1, 0.15) is 0 Å². The Labute approximate surface area is 129 Å². The van der Waals surface area contributed by atoms with Crippen LogP contribution in [-0.2, 0) is 12.1 Å². The number of hydrogen-bond donors (Lipinski definition) is 0. The first-order chi connectivity index (χ1) is 9.34. The highest BCUT2D eigenvalue weighted by Gasteiger charge is 2.31. The van der Waals surface area contributed by atoms with E-state index in [0.29, 0.717) is 26.7 Å². The lowest BCUT2D eigenvalue weighted by molar-refractivity contribution is -0.137. The van der Waals surface area contributed by atoms with Crippen molar-refractivity contribution in [1.82, 2.24) is 0 Å². The van der Waals surface area contributed by atoms with Crippen molar-refractivity contribution in [3.8, 4) is 11.1 Å². The van der Waals surface area contributed by atoms with Crippen LogP contribution in [-0.4, -0.2) is 0 Å². The summed E-state index contributed by atoms with van der Waals surface area (Å²) in [5.74, 6) is -0.0535. The standard InChI is InChI=1S/C14H8Cl3F3/c15-7-8-6-9(14(18,19)20)4-5-10(8)11-2-1-3-12(16)13(11)17/h1-6H,7H2. The molecule has 0 aliphatic rings. The monoisotopic (exact) mass is 338 g/mol. The van der Waals surface area contributed by atoms with Gasteiger partial charge in [0.25, 0.3) is 0 Å². The van der Waals surface area contributed by atoms with Crippen LogP contribution in [0.3, 0.4) is 0 Å². The van der Waals surface area contributed by atoms with E-state index in [2.05, 4.69) is 0 Å². The van der Waals surface area contributed by atoms with Gasteiger partial charge in [-0.25, -0.2) is 0 Å². The zero-order valence-corrected chi connectivity index (χ0v) is 12.2. The van der Waals surface area contributed by atoms with Crippen LogP contribution in [0, 0.1) is 0 Å². The minimum Gasteiger partial charge on any atom is -0.166 e. The lowest BCUT2D eigenvalue weighted by atomic mass is 9.98. The average molecular weight is 340 g/mol. The van der Waals surface area contributed by atoms with Crippen LogP contribution in [0.1, 0.15) is 11.1 Å². The predicted molar refractivity (Wildman–Crippen MR) is 76.5 cm³/mol. The second kappa shape index (κ2) is 5.84. The Balaban J connectivity index is 2.61. The third-order valence-corrected chi connectivity index (χ3v) is 3.93. The molecule has 106 valence electrons. The van der Waals surface area contributed by atoms with Gasteiger partial charge in [0, 0.05) is 11.4 Å². The lowest BCUT2D eigenvalue weighted by Gasteiger charge is -2.13. The van der Waals surface area contributed by atoms with Crippen molar-refractivity contribution in [1.29, 1.82) is 0 Å². The first-order valence-corrected chi connectivity index (χ1v) is 6.84. The number of halogens is 6. The Hall–Kier alpha value is -0.900. The summed E-state index contributed by atoms with van der Waals surface area (Å²) in [5, 5.41) is 0.630. The van der Waals surface area contributed by atoms with Gasteiger partial charge in [-0.3, -0.25) is 0 Å². The highest BCUT2D eigenvalue weighted by molar-refractivity contribution is 6.43. The third kappa shape index (κ3) is 3.05. The summed E-state index contributed by atoms with van der Waals surface area (Å²) in [5.41, 5.74) is 0.713. The maximum atomic E-state index is 12.7. The van der Waals surface area contributed by atoms with Crippen LogP contribution in [0.2, 0.25) is 10.0 Å². The summed E-state index contributed by atoms with van der Waals surface area (Å²) in [4.78, 5) is 0. The first-order valence-electron chi connectivity index (χ1n) is 5.55. The van der Waals surface area contributed by atoms with Crippen molar-refractivity contribution in [3.05, 3.63) is 57.6 Å². The molecule has 0 aliphatic carbocycles. The molecular weight excluding hydrogens is 332 g/mol. The third-order valence-electron chi connectivity index (χ3n) is 2.82. The first kappa shape index (κ1) is 15.5. The average Bonchev–Trinajstić information content (AvgIpc) is 2.40. The Morgan fingerprint density at radius 1 is 0.950 bits per heavy atom. The molecule has 0 heterocycles. The Kier molecular flexibility index (Phi) is 4.52. The number of alkyl halides is 4. The largest absolute Gasteiger partial charge is 0.416 e. The quantitative estimate of drug-likeness (QED) is 0.554. The number of hydrogen-bond acceptors (Lipinski definition) is 0.